The van der Waals surface area contributed by atoms with Crippen molar-refractivity contribution in [1.82, 2.24) is 5.32 Å². The quantitative estimate of drug-likeness (QED) is 0.754. The first-order chi connectivity index (χ1) is 9.09. The van der Waals surface area contributed by atoms with Crippen molar-refractivity contribution < 1.29 is 9.84 Å². The monoisotopic (exact) mass is 285 g/mol. The van der Waals surface area contributed by atoms with Crippen LogP contribution in [0, 0.1) is 16.7 Å². The maximum absolute atomic E-state index is 9.27. The summed E-state index contributed by atoms with van der Waals surface area (Å²) < 4.78 is 6.02. The molecule has 0 aromatic heterocycles. The van der Waals surface area contributed by atoms with Crippen LogP contribution in [0.15, 0.2) is 0 Å². The van der Waals surface area contributed by atoms with E-state index in [0.29, 0.717) is 24.1 Å². The maximum atomic E-state index is 9.27. The molecule has 0 radical (unpaired) electrons. The van der Waals surface area contributed by atoms with Gasteiger partial charge in [0.15, 0.2) is 0 Å². The highest BCUT2D eigenvalue weighted by Crippen LogP contribution is 2.44. The molecular formula is C17H35NO2. The summed E-state index contributed by atoms with van der Waals surface area (Å²) in [6.45, 7) is 16.8. The average molecular weight is 285 g/mol. The Morgan fingerprint density at radius 3 is 2.30 bits per heavy atom. The lowest BCUT2D eigenvalue weighted by Crippen LogP contribution is -2.64. The summed E-state index contributed by atoms with van der Waals surface area (Å²) in [6.07, 6.45) is 2.25. The maximum Gasteiger partial charge on any atom is 0.0656 e. The number of aliphatic hydroxyl groups excluding tert-OH is 1. The summed E-state index contributed by atoms with van der Waals surface area (Å²) in [4.78, 5) is 0. The molecule has 0 aromatic rings. The van der Waals surface area contributed by atoms with Crippen LogP contribution >= 0.6 is 0 Å². The van der Waals surface area contributed by atoms with Crippen molar-refractivity contribution in [3.8, 4) is 0 Å². The molecule has 0 bridgehead atoms. The number of hydrogen-bond donors (Lipinski definition) is 2. The molecule has 0 aliphatic heterocycles. The van der Waals surface area contributed by atoms with Gasteiger partial charge in [-0.3, -0.25) is 0 Å². The molecular weight excluding hydrogens is 250 g/mol. The fourth-order valence-electron chi connectivity index (χ4n) is 2.90. The summed E-state index contributed by atoms with van der Waals surface area (Å²) in [6, 6.07) is 0.832. The number of rotatable bonds is 7. The van der Waals surface area contributed by atoms with Crippen LogP contribution in [0.3, 0.4) is 0 Å². The molecule has 1 aliphatic carbocycles. The lowest BCUT2D eigenvalue weighted by atomic mass is 9.63. The van der Waals surface area contributed by atoms with Gasteiger partial charge in [0.25, 0.3) is 0 Å². The largest absolute Gasteiger partial charge is 0.396 e. The molecule has 0 saturated heterocycles. The molecule has 120 valence electrons. The third-order valence-electron chi connectivity index (χ3n) is 4.67. The Morgan fingerprint density at radius 1 is 1.30 bits per heavy atom. The standard InChI is InChI=1S/C17H35NO2/c1-12(2)11-20-15-10-14(17(15,6)7)18-13(8-9-19)16(3,4)5/h12-15,18-19H,8-11H2,1-7H3. The van der Waals surface area contributed by atoms with Crippen molar-refractivity contribution in [3.63, 3.8) is 0 Å². The Labute approximate surface area is 125 Å². The molecule has 0 heterocycles. The van der Waals surface area contributed by atoms with E-state index in [1.165, 1.54) is 0 Å². The predicted octanol–water partition coefficient (Wildman–Crippen LogP) is 3.21. The van der Waals surface area contributed by atoms with Crippen molar-refractivity contribution in [1.29, 1.82) is 0 Å². The summed E-state index contributed by atoms with van der Waals surface area (Å²) in [5.41, 5.74) is 0.344. The minimum atomic E-state index is 0.169. The van der Waals surface area contributed by atoms with Crippen molar-refractivity contribution >= 4 is 0 Å². The second kappa shape index (κ2) is 6.76. The highest BCUT2D eigenvalue weighted by Gasteiger charge is 2.50. The molecule has 0 amide bonds. The highest BCUT2D eigenvalue weighted by molar-refractivity contribution is 5.04. The van der Waals surface area contributed by atoms with Crippen molar-refractivity contribution in [2.75, 3.05) is 13.2 Å². The zero-order valence-corrected chi connectivity index (χ0v) is 14.5. The van der Waals surface area contributed by atoms with Gasteiger partial charge in [-0.1, -0.05) is 48.5 Å². The molecule has 1 fully saturated rings. The Bertz CT molecular complexity index is 294. The smallest absolute Gasteiger partial charge is 0.0656 e. The van der Waals surface area contributed by atoms with Gasteiger partial charge in [-0.25, -0.2) is 0 Å². The van der Waals surface area contributed by atoms with Crippen LogP contribution in [0.4, 0.5) is 0 Å². The Morgan fingerprint density at radius 2 is 1.90 bits per heavy atom. The molecule has 3 nitrogen and oxygen atoms in total. The van der Waals surface area contributed by atoms with Gasteiger partial charge >= 0.3 is 0 Å². The number of aliphatic hydroxyl groups is 1. The SMILES string of the molecule is CC(C)COC1CC(NC(CCO)C(C)(C)C)C1(C)C. The fourth-order valence-corrected chi connectivity index (χ4v) is 2.90. The minimum Gasteiger partial charge on any atom is -0.396 e. The van der Waals surface area contributed by atoms with Crippen LogP contribution in [0.25, 0.3) is 0 Å². The summed E-state index contributed by atoms with van der Waals surface area (Å²) in [5, 5.41) is 13.0. The van der Waals surface area contributed by atoms with Crippen LogP contribution < -0.4 is 5.32 Å². The normalized spacial score (nSPS) is 27.4. The number of nitrogens with one attached hydrogen (secondary N) is 1. The van der Waals surface area contributed by atoms with Gasteiger partial charge in [0.1, 0.15) is 0 Å². The molecule has 3 atom stereocenters. The number of hydrogen-bond acceptors (Lipinski definition) is 3. The van der Waals surface area contributed by atoms with Gasteiger partial charge in [0.05, 0.1) is 6.10 Å². The third-order valence-corrected chi connectivity index (χ3v) is 4.67. The van der Waals surface area contributed by atoms with E-state index in [9.17, 15) is 5.11 Å². The lowest BCUT2D eigenvalue weighted by molar-refractivity contribution is -0.128. The van der Waals surface area contributed by atoms with E-state index >= 15 is 0 Å². The minimum absolute atomic E-state index is 0.169. The third kappa shape index (κ3) is 4.44. The first kappa shape index (κ1) is 17.9. The van der Waals surface area contributed by atoms with E-state index in [2.05, 4.69) is 53.8 Å². The topological polar surface area (TPSA) is 41.5 Å². The Hall–Kier alpha value is -0.120. The number of ether oxygens (including phenoxy) is 1. The average Bonchev–Trinajstić information content (AvgIpc) is 2.29. The molecule has 1 rings (SSSR count). The van der Waals surface area contributed by atoms with Gasteiger partial charge in [-0.05, 0) is 24.2 Å². The van der Waals surface area contributed by atoms with Crippen LogP contribution in [0.5, 0.6) is 0 Å². The lowest BCUT2D eigenvalue weighted by Gasteiger charge is -2.54. The van der Waals surface area contributed by atoms with E-state index in [4.69, 9.17) is 4.74 Å². The van der Waals surface area contributed by atoms with Gasteiger partial charge in [0, 0.05) is 30.7 Å². The van der Waals surface area contributed by atoms with E-state index in [-0.39, 0.29) is 17.4 Å². The zero-order chi connectivity index (χ0) is 15.6. The van der Waals surface area contributed by atoms with Gasteiger partial charge in [-0.15, -0.1) is 0 Å². The van der Waals surface area contributed by atoms with Crippen molar-refractivity contribution in [2.45, 2.75) is 79.5 Å². The summed E-state index contributed by atoms with van der Waals surface area (Å²) in [7, 11) is 0. The van der Waals surface area contributed by atoms with Crippen molar-refractivity contribution in [3.05, 3.63) is 0 Å². The molecule has 0 aromatic carbocycles. The molecule has 3 unspecified atom stereocenters. The molecule has 1 aliphatic rings. The zero-order valence-electron chi connectivity index (χ0n) is 14.5. The first-order valence-corrected chi connectivity index (χ1v) is 8.07. The second-order valence-electron chi connectivity index (χ2n) is 8.42. The van der Waals surface area contributed by atoms with Gasteiger partial charge < -0.3 is 15.2 Å². The van der Waals surface area contributed by atoms with E-state index in [1.807, 2.05) is 0 Å². The van der Waals surface area contributed by atoms with Crippen LogP contribution in [0.1, 0.15) is 61.3 Å². The highest BCUT2D eigenvalue weighted by atomic mass is 16.5. The van der Waals surface area contributed by atoms with Crippen LogP contribution in [-0.2, 0) is 4.74 Å². The molecule has 20 heavy (non-hydrogen) atoms. The van der Waals surface area contributed by atoms with Gasteiger partial charge in [0.2, 0.25) is 0 Å². The summed E-state index contributed by atoms with van der Waals surface area (Å²) >= 11 is 0. The summed E-state index contributed by atoms with van der Waals surface area (Å²) in [5.74, 6) is 0.592. The van der Waals surface area contributed by atoms with E-state index < -0.39 is 0 Å². The predicted molar refractivity (Wildman–Crippen MR) is 84.8 cm³/mol. The van der Waals surface area contributed by atoms with E-state index in [1.54, 1.807) is 0 Å². The molecule has 2 N–H and O–H groups in total. The molecule has 3 heteroatoms. The Kier molecular flexibility index (Phi) is 6.06. The molecule has 0 spiro atoms. The van der Waals surface area contributed by atoms with Crippen molar-refractivity contribution in [2.24, 2.45) is 16.7 Å². The first-order valence-electron chi connectivity index (χ1n) is 8.07. The fraction of sp³-hybridized carbons (Fsp3) is 1.00. The van der Waals surface area contributed by atoms with E-state index in [0.717, 1.165) is 19.4 Å². The Balaban J connectivity index is 2.53. The molecule has 1 saturated carbocycles. The second-order valence-corrected chi connectivity index (χ2v) is 8.42. The van der Waals surface area contributed by atoms with Gasteiger partial charge in [-0.2, -0.15) is 0 Å². The van der Waals surface area contributed by atoms with Crippen LogP contribution in [0.2, 0.25) is 0 Å². The van der Waals surface area contributed by atoms with Crippen LogP contribution in [-0.4, -0.2) is 36.5 Å².